The molecule has 1 rings (SSSR count). The van der Waals surface area contributed by atoms with E-state index in [0.717, 1.165) is 36.6 Å². The molecule has 1 unspecified atom stereocenters. The average Bonchev–Trinajstić information content (AvgIpc) is 2.35. The van der Waals surface area contributed by atoms with Crippen molar-refractivity contribution in [3.05, 3.63) is 23.3 Å². The highest BCUT2D eigenvalue weighted by Crippen LogP contribution is 2.31. The van der Waals surface area contributed by atoms with Crippen LogP contribution in [0.15, 0.2) is 12.1 Å². The van der Waals surface area contributed by atoms with Crippen molar-refractivity contribution in [1.82, 2.24) is 4.90 Å². The molecule has 0 aliphatic carbocycles. The second kappa shape index (κ2) is 7.36. The van der Waals surface area contributed by atoms with Gasteiger partial charge in [0.1, 0.15) is 11.5 Å². The predicted octanol–water partition coefficient (Wildman–Crippen LogP) is 1.83. The summed E-state index contributed by atoms with van der Waals surface area (Å²) in [6, 6.07) is 4.27. The number of benzene rings is 1. The average molecular weight is 266 g/mol. The summed E-state index contributed by atoms with van der Waals surface area (Å²) in [5.41, 5.74) is 8.06. The third-order valence-electron chi connectivity index (χ3n) is 3.22. The Hall–Kier alpha value is -1.26. The topological polar surface area (TPSA) is 47.7 Å². The molecule has 0 aliphatic heterocycles. The summed E-state index contributed by atoms with van der Waals surface area (Å²) >= 11 is 0. The molecule has 1 aromatic rings. The Morgan fingerprint density at radius 1 is 1.26 bits per heavy atom. The van der Waals surface area contributed by atoms with Gasteiger partial charge in [-0.3, -0.25) is 0 Å². The highest BCUT2D eigenvalue weighted by atomic mass is 16.5. The Morgan fingerprint density at radius 2 is 1.95 bits per heavy atom. The first-order chi connectivity index (χ1) is 8.99. The maximum atomic E-state index is 5.80. The zero-order chi connectivity index (χ0) is 14.4. The molecule has 19 heavy (non-hydrogen) atoms. The Kier molecular flexibility index (Phi) is 6.12. The van der Waals surface area contributed by atoms with Crippen LogP contribution in [0.1, 0.15) is 18.1 Å². The van der Waals surface area contributed by atoms with Crippen LogP contribution in [0.2, 0.25) is 0 Å². The molecule has 2 N–H and O–H groups in total. The van der Waals surface area contributed by atoms with E-state index in [1.54, 1.807) is 14.2 Å². The van der Waals surface area contributed by atoms with E-state index in [9.17, 15) is 0 Å². The van der Waals surface area contributed by atoms with Gasteiger partial charge in [0.25, 0.3) is 0 Å². The van der Waals surface area contributed by atoms with Gasteiger partial charge in [-0.2, -0.15) is 0 Å². The van der Waals surface area contributed by atoms with Crippen LogP contribution >= 0.6 is 0 Å². The molecular formula is C15H26N2O2. The minimum atomic E-state index is 0.199. The van der Waals surface area contributed by atoms with Crippen molar-refractivity contribution in [2.24, 2.45) is 5.73 Å². The third kappa shape index (κ3) is 4.40. The highest BCUT2D eigenvalue weighted by molar-refractivity contribution is 5.49. The summed E-state index contributed by atoms with van der Waals surface area (Å²) in [6.07, 6.45) is 0.942. The second-order valence-electron chi connectivity index (χ2n) is 5.07. The lowest BCUT2D eigenvalue weighted by Gasteiger charge is -2.20. The van der Waals surface area contributed by atoms with Gasteiger partial charge in [0.05, 0.1) is 14.2 Å². The molecule has 0 heterocycles. The molecule has 0 amide bonds. The summed E-state index contributed by atoms with van der Waals surface area (Å²) in [7, 11) is 5.47. The number of hydrogen-bond acceptors (Lipinski definition) is 4. The van der Waals surface area contributed by atoms with Crippen molar-refractivity contribution < 1.29 is 9.47 Å². The number of ether oxygens (including phenoxy) is 2. The minimum absolute atomic E-state index is 0.199. The monoisotopic (exact) mass is 266 g/mol. The van der Waals surface area contributed by atoms with Crippen LogP contribution in [-0.2, 0) is 6.42 Å². The van der Waals surface area contributed by atoms with Crippen LogP contribution in [0, 0.1) is 6.92 Å². The summed E-state index contributed by atoms with van der Waals surface area (Å²) in [4.78, 5) is 2.24. The lowest BCUT2D eigenvalue weighted by molar-refractivity contribution is 0.318. The fourth-order valence-electron chi connectivity index (χ4n) is 2.33. The zero-order valence-electron chi connectivity index (χ0n) is 12.7. The molecule has 0 aromatic heterocycles. The van der Waals surface area contributed by atoms with Crippen LogP contribution in [-0.4, -0.2) is 45.3 Å². The molecule has 108 valence electrons. The maximum Gasteiger partial charge on any atom is 0.128 e. The Bertz CT molecular complexity index is 405. The van der Waals surface area contributed by atoms with Crippen molar-refractivity contribution in [3.8, 4) is 11.5 Å². The lowest BCUT2D eigenvalue weighted by atomic mass is 10.1. The van der Waals surface area contributed by atoms with Crippen LogP contribution in [0.25, 0.3) is 0 Å². The molecule has 0 bridgehead atoms. The molecule has 4 heteroatoms. The molecule has 0 fully saturated rings. The zero-order valence-corrected chi connectivity index (χ0v) is 12.7. The van der Waals surface area contributed by atoms with E-state index in [2.05, 4.69) is 18.0 Å². The van der Waals surface area contributed by atoms with Gasteiger partial charge in [0.15, 0.2) is 0 Å². The molecule has 0 radical (unpaired) electrons. The van der Waals surface area contributed by atoms with Crippen molar-refractivity contribution in [2.75, 3.05) is 34.4 Å². The largest absolute Gasteiger partial charge is 0.496 e. The summed E-state index contributed by atoms with van der Waals surface area (Å²) in [6.45, 7) is 5.91. The normalized spacial score (nSPS) is 12.6. The second-order valence-corrected chi connectivity index (χ2v) is 5.07. The number of nitrogens with two attached hydrogens (primary N) is 1. The number of likely N-dealkylation sites (N-methyl/N-ethyl adjacent to an activating group) is 1. The van der Waals surface area contributed by atoms with E-state index in [0.29, 0.717) is 0 Å². The van der Waals surface area contributed by atoms with Crippen molar-refractivity contribution in [3.63, 3.8) is 0 Å². The van der Waals surface area contributed by atoms with Crippen LogP contribution in [0.5, 0.6) is 11.5 Å². The first-order valence-corrected chi connectivity index (χ1v) is 6.64. The molecule has 0 aliphatic rings. The highest BCUT2D eigenvalue weighted by Gasteiger charge is 2.12. The first-order valence-electron chi connectivity index (χ1n) is 6.64. The van der Waals surface area contributed by atoms with Gasteiger partial charge in [-0.25, -0.2) is 0 Å². The summed E-state index contributed by atoms with van der Waals surface area (Å²) < 4.78 is 10.8. The molecular weight excluding hydrogens is 240 g/mol. The molecule has 0 spiro atoms. The smallest absolute Gasteiger partial charge is 0.128 e. The van der Waals surface area contributed by atoms with E-state index in [-0.39, 0.29) is 6.04 Å². The summed E-state index contributed by atoms with van der Waals surface area (Å²) in [5.74, 6) is 1.79. The standard InChI is InChI=1S/C15H26N2O2/c1-11(16)10-17(3)9-8-13-6-7-14(18-4)12(2)15(13)19-5/h6-7,11H,8-10,16H2,1-5H3. The van der Waals surface area contributed by atoms with E-state index in [1.165, 1.54) is 5.56 Å². The maximum absolute atomic E-state index is 5.80. The Labute approximate surface area is 116 Å². The van der Waals surface area contributed by atoms with Crippen molar-refractivity contribution in [2.45, 2.75) is 26.3 Å². The molecule has 4 nitrogen and oxygen atoms in total. The van der Waals surface area contributed by atoms with E-state index >= 15 is 0 Å². The Morgan fingerprint density at radius 3 is 2.47 bits per heavy atom. The molecule has 1 atom stereocenters. The van der Waals surface area contributed by atoms with Gasteiger partial charge in [0, 0.05) is 24.7 Å². The van der Waals surface area contributed by atoms with E-state index in [1.807, 2.05) is 19.9 Å². The van der Waals surface area contributed by atoms with Gasteiger partial charge in [0.2, 0.25) is 0 Å². The Balaban J connectivity index is 2.76. The van der Waals surface area contributed by atoms with Gasteiger partial charge < -0.3 is 20.1 Å². The molecule has 0 saturated carbocycles. The minimum Gasteiger partial charge on any atom is -0.496 e. The number of hydrogen-bond donors (Lipinski definition) is 1. The van der Waals surface area contributed by atoms with E-state index < -0.39 is 0 Å². The van der Waals surface area contributed by atoms with Gasteiger partial charge in [-0.15, -0.1) is 0 Å². The van der Waals surface area contributed by atoms with Crippen molar-refractivity contribution >= 4 is 0 Å². The number of nitrogens with zero attached hydrogens (tertiary/aromatic N) is 1. The fourth-order valence-corrected chi connectivity index (χ4v) is 2.33. The van der Waals surface area contributed by atoms with Gasteiger partial charge >= 0.3 is 0 Å². The lowest BCUT2D eigenvalue weighted by Crippen LogP contribution is -2.34. The quantitative estimate of drug-likeness (QED) is 0.818. The number of methoxy groups -OCH3 is 2. The first kappa shape index (κ1) is 15.8. The van der Waals surface area contributed by atoms with E-state index in [4.69, 9.17) is 15.2 Å². The number of rotatable bonds is 7. The van der Waals surface area contributed by atoms with Crippen molar-refractivity contribution in [1.29, 1.82) is 0 Å². The third-order valence-corrected chi connectivity index (χ3v) is 3.22. The van der Waals surface area contributed by atoms with Gasteiger partial charge in [-0.05, 0) is 38.9 Å². The molecule has 1 aromatic carbocycles. The fraction of sp³-hybridized carbons (Fsp3) is 0.600. The predicted molar refractivity (Wildman–Crippen MR) is 79.1 cm³/mol. The molecule has 0 saturated heterocycles. The van der Waals surface area contributed by atoms with Crippen LogP contribution in [0.3, 0.4) is 0 Å². The SMILES string of the molecule is COc1ccc(CCN(C)CC(C)N)c(OC)c1C. The van der Waals surface area contributed by atoms with Gasteiger partial charge in [-0.1, -0.05) is 6.07 Å². The summed E-state index contributed by atoms with van der Waals surface area (Å²) in [5, 5.41) is 0. The van der Waals surface area contributed by atoms with Crippen LogP contribution in [0.4, 0.5) is 0 Å². The van der Waals surface area contributed by atoms with Crippen LogP contribution < -0.4 is 15.2 Å².